The number of benzene rings is 1. The number of para-hydroxylation sites is 1. The maximum atomic E-state index is 12.2. The lowest BCUT2D eigenvalue weighted by molar-refractivity contribution is -0.120. The Bertz CT molecular complexity index is 732. The molecule has 0 saturated carbocycles. The molecule has 1 saturated heterocycles. The average Bonchev–Trinajstić information content (AvgIpc) is 2.89. The molecule has 1 aliphatic heterocycles. The maximum absolute atomic E-state index is 12.2. The molecule has 1 fully saturated rings. The van der Waals surface area contributed by atoms with Gasteiger partial charge in [0.15, 0.2) is 0 Å². The first kappa shape index (κ1) is 18.5. The third kappa shape index (κ3) is 4.43. The second-order valence-corrected chi connectivity index (χ2v) is 6.96. The molecule has 0 atom stereocenters. The fourth-order valence-corrected chi connectivity index (χ4v) is 3.52. The molecule has 140 valence electrons. The van der Waals surface area contributed by atoms with Crippen LogP contribution in [0.3, 0.4) is 0 Å². The van der Waals surface area contributed by atoms with Crippen LogP contribution in [0.5, 0.6) is 0 Å². The molecule has 0 aliphatic carbocycles. The second kappa shape index (κ2) is 8.36. The highest BCUT2D eigenvalue weighted by Crippen LogP contribution is 2.15. The summed E-state index contributed by atoms with van der Waals surface area (Å²) in [5.41, 5.74) is 4.34. The number of hydrogen-bond donors (Lipinski definition) is 1. The summed E-state index contributed by atoms with van der Waals surface area (Å²) in [6, 6.07) is 10.6. The van der Waals surface area contributed by atoms with Crippen molar-refractivity contribution < 1.29 is 4.79 Å². The van der Waals surface area contributed by atoms with Crippen LogP contribution >= 0.6 is 0 Å². The summed E-state index contributed by atoms with van der Waals surface area (Å²) < 4.78 is 1.84. The zero-order chi connectivity index (χ0) is 18.5. The molecular formula is C20H29N5O. The molecule has 1 N–H and O–H groups in total. The normalized spacial score (nSPS) is 15.3. The van der Waals surface area contributed by atoms with Crippen LogP contribution in [0.25, 0.3) is 0 Å². The van der Waals surface area contributed by atoms with E-state index in [0.29, 0.717) is 13.0 Å². The highest BCUT2D eigenvalue weighted by Gasteiger charge is 2.17. The lowest BCUT2D eigenvalue weighted by Gasteiger charge is -2.36. The number of anilines is 1. The van der Waals surface area contributed by atoms with Crippen molar-refractivity contribution in [3.63, 3.8) is 0 Å². The molecule has 0 unspecified atom stereocenters. The van der Waals surface area contributed by atoms with E-state index in [0.717, 1.165) is 49.7 Å². The molecule has 2 heterocycles. The minimum atomic E-state index is 0.0760. The van der Waals surface area contributed by atoms with E-state index in [4.69, 9.17) is 0 Å². The lowest BCUT2D eigenvalue weighted by atomic mass is 10.1. The van der Waals surface area contributed by atoms with Crippen LogP contribution in [0.15, 0.2) is 30.3 Å². The SMILES string of the molecule is Cc1nn(C)c(C)c1CC(=O)NCCN1CCN(c2ccccc2)CC1. The maximum Gasteiger partial charge on any atom is 0.224 e. The van der Waals surface area contributed by atoms with E-state index in [9.17, 15) is 4.79 Å². The molecule has 6 heteroatoms. The monoisotopic (exact) mass is 355 g/mol. The Morgan fingerprint density at radius 3 is 2.42 bits per heavy atom. The van der Waals surface area contributed by atoms with E-state index in [2.05, 4.69) is 50.5 Å². The average molecular weight is 355 g/mol. The quantitative estimate of drug-likeness (QED) is 0.854. The minimum absolute atomic E-state index is 0.0760. The van der Waals surface area contributed by atoms with Crippen molar-refractivity contribution in [3.05, 3.63) is 47.3 Å². The smallest absolute Gasteiger partial charge is 0.224 e. The number of nitrogens with one attached hydrogen (secondary N) is 1. The summed E-state index contributed by atoms with van der Waals surface area (Å²) >= 11 is 0. The molecule has 0 spiro atoms. The van der Waals surface area contributed by atoms with Gasteiger partial charge in [-0.3, -0.25) is 14.4 Å². The van der Waals surface area contributed by atoms with Gasteiger partial charge in [0.25, 0.3) is 0 Å². The summed E-state index contributed by atoms with van der Waals surface area (Å²) in [5, 5.41) is 7.43. The molecule has 1 aromatic heterocycles. The minimum Gasteiger partial charge on any atom is -0.369 e. The second-order valence-electron chi connectivity index (χ2n) is 6.96. The number of carbonyl (C=O) groups excluding carboxylic acids is 1. The Morgan fingerprint density at radius 2 is 1.81 bits per heavy atom. The van der Waals surface area contributed by atoms with E-state index >= 15 is 0 Å². The van der Waals surface area contributed by atoms with Gasteiger partial charge in [-0.05, 0) is 26.0 Å². The predicted molar refractivity (Wildman–Crippen MR) is 104 cm³/mol. The van der Waals surface area contributed by atoms with Crippen LogP contribution in [0.1, 0.15) is 17.0 Å². The topological polar surface area (TPSA) is 53.4 Å². The van der Waals surface area contributed by atoms with Crippen LogP contribution in [0.2, 0.25) is 0 Å². The molecule has 0 bridgehead atoms. The number of aromatic nitrogens is 2. The van der Waals surface area contributed by atoms with Crippen molar-refractivity contribution in [2.75, 3.05) is 44.2 Å². The van der Waals surface area contributed by atoms with Crippen LogP contribution in [0.4, 0.5) is 5.69 Å². The number of carbonyl (C=O) groups is 1. The van der Waals surface area contributed by atoms with Gasteiger partial charge in [0.1, 0.15) is 0 Å². The van der Waals surface area contributed by atoms with Crippen molar-refractivity contribution in [2.24, 2.45) is 7.05 Å². The van der Waals surface area contributed by atoms with Gasteiger partial charge in [-0.25, -0.2) is 0 Å². The molecule has 1 aliphatic rings. The first-order valence-electron chi connectivity index (χ1n) is 9.32. The summed E-state index contributed by atoms with van der Waals surface area (Å²) in [4.78, 5) is 17.1. The number of nitrogens with zero attached hydrogens (tertiary/aromatic N) is 4. The first-order valence-corrected chi connectivity index (χ1v) is 9.32. The lowest BCUT2D eigenvalue weighted by Crippen LogP contribution is -2.48. The van der Waals surface area contributed by atoms with Crippen molar-refractivity contribution in [3.8, 4) is 0 Å². The fourth-order valence-electron chi connectivity index (χ4n) is 3.52. The van der Waals surface area contributed by atoms with Crippen LogP contribution < -0.4 is 10.2 Å². The van der Waals surface area contributed by atoms with Gasteiger partial charge in [-0.1, -0.05) is 18.2 Å². The number of rotatable bonds is 6. The highest BCUT2D eigenvalue weighted by atomic mass is 16.1. The highest BCUT2D eigenvalue weighted by molar-refractivity contribution is 5.79. The van der Waals surface area contributed by atoms with Gasteiger partial charge < -0.3 is 10.2 Å². The Labute approximate surface area is 155 Å². The molecule has 1 amide bonds. The molecular weight excluding hydrogens is 326 g/mol. The Balaban J connectivity index is 1.38. The van der Waals surface area contributed by atoms with Gasteiger partial charge in [0.2, 0.25) is 5.91 Å². The van der Waals surface area contributed by atoms with Gasteiger partial charge in [0.05, 0.1) is 12.1 Å². The van der Waals surface area contributed by atoms with Gasteiger partial charge in [-0.15, -0.1) is 0 Å². The van der Waals surface area contributed by atoms with Gasteiger partial charge in [-0.2, -0.15) is 5.10 Å². The van der Waals surface area contributed by atoms with Crippen molar-refractivity contribution in [2.45, 2.75) is 20.3 Å². The Kier molecular flexibility index (Phi) is 5.93. The summed E-state index contributed by atoms with van der Waals surface area (Å²) in [5.74, 6) is 0.0760. The number of hydrogen-bond acceptors (Lipinski definition) is 4. The first-order chi connectivity index (χ1) is 12.5. The molecule has 0 radical (unpaired) electrons. The van der Waals surface area contributed by atoms with E-state index in [1.165, 1.54) is 5.69 Å². The van der Waals surface area contributed by atoms with E-state index in [1.807, 2.05) is 25.6 Å². The summed E-state index contributed by atoms with van der Waals surface area (Å²) in [6.07, 6.45) is 0.410. The summed E-state index contributed by atoms with van der Waals surface area (Å²) in [6.45, 7) is 9.70. The van der Waals surface area contributed by atoms with Crippen LogP contribution in [-0.4, -0.2) is 59.9 Å². The molecule has 26 heavy (non-hydrogen) atoms. The van der Waals surface area contributed by atoms with Crippen LogP contribution in [-0.2, 0) is 18.3 Å². The van der Waals surface area contributed by atoms with Gasteiger partial charge >= 0.3 is 0 Å². The predicted octanol–water partition coefficient (Wildman–Crippen LogP) is 1.52. The van der Waals surface area contributed by atoms with Crippen molar-refractivity contribution in [1.29, 1.82) is 0 Å². The fraction of sp³-hybridized carbons (Fsp3) is 0.500. The number of piperazine rings is 1. The molecule has 6 nitrogen and oxygen atoms in total. The largest absolute Gasteiger partial charge is 0.369 e. The van der Waals surface area contributed by atoms with Crippen molar-refractivity contribution >= 4 is 11.6 Å². The zero-order valence-corrected chi connectivity index (χ0v) is 16.0. The van der Waals surface area contributed by atoms with Gasteiger partial charge in [0, 0.05) is 63.3 Å². The number of amides is 1. The molecule has 3 rings (SSSR count). The van der Waals surface area contributed by atoms with Crippen molar-refractivity contribution in [1.82, 2.24) is 20.0 Å². The molecule has 1 aromatic carbocycles. The standard InChI is InChI=1S/C20H29N5O/c1-16-19(17(2)23(3)22-16)15-20(26)21-9-10-24-11-13-25(14-12-24)18-7-5-4-6-8-18/h4-8H,9-15H2,1-3H3,(H,21,26). The third-order valence-electron chi connectivity index (χ3n) is 5.24. The number of aryl methyl sites for hydroxylation is 2. The summed E-state index contributed by atoms with van der Waals surface area (Å²) in [7, 11) is 1.92. The van der Waals surface area contributed by atoms with E-state index in [-0.39, 0.29) is 5.91 Å². The Hall–Kier alpha value is -2.34. The van der Waals surface area contributed by atoms with E-state index in [1.54, 1.807) is 0 Å². The Morgan fingerprint density at radius 1 is 1.12 bits per heavy atom. The van der Waals surface area contributed by atoms with E-state index < -0.39 is 0 Å². The zero-order valence-electron chi connectivity index (χ0n) is 16.0. The third-order valence-corrected chi connectivity index (χ3v) is 5.24. The van der Waals surface area contributed by atoms with Crippen LogP contribution in [0, 0.1) is 13.8 Å². The molecule has 2 aromatic rings.